The van der Waals surface area contributed by atoms with Crippen LogP contribution in [0.1, 0.15) is 32.2 Å². The van der Waals surface area contributed by atoms with Crippen LogP contribution in [-0.4, -0.2) is 31.1 Å². The lowest BCUT2D eigenvalue weighted by Gasteiger charge is -2.21. The van der Waals surface area contributed by atoms with Crippen LogP contribution in [0, 0.1) is 0 Å². The standard InChI is InChI=1S/C19H22N6O/c1-19(2,3)25-22-16(21-23-25)13-18(26)24(17-11-7-8-12-20-17)14-15-9-5-4-6-10-15/h4-12H,13-14H2,1-3H3. The van der Waals surface area contributed by atoms with Crippen LogP contribution in [0.25, 0.3) is 0 Å². The molecule has 0 unspecified atom stereocenters. The average molecular weight is 350 g/mol. The third-order valence-electron chi connectivity index (χ3n) is 3.77. The zero-order valence-corrected chi connectivity index (χ0v) is 15.2. The van der Waals surface area contributed by atoms with Crippen LogP contribution in [0.15, 0.2) is 54.7 Å². The Labute approximate surface area is 152 Å². The molecule has 1 aromatic carbocycles. The molecule has 134 valence electrons. The Morgan fingerprint density at radius 3 is 2.42 bits per heavy atom. The molecule has 2 heterocycles. The number of rotatable bonds is 5. The predicted octanol–water partition coefficient (Wildman–Crippen LogP) is 2.60. The molecule has 0 aliphatic heterocycles. The molecular weight excluding hydrogens is 328 g/mol. The van der Waals surface area contributed by atoms with Gasteiger partial charge in [0.05, 0.1) is 18.5 Å². The van der Waals surface area contributed by atoms with Crippen molar-refractivity contribution < 1.29 is 4.79 Å². The van der Waals surface area contributed by atoms with Gasteiger partial charge in [0.1, 0.15) is 5.82 Å². The summed E-state index contributed by atoms with van der Waals surface area (Å²) in [4.78, 5) is 20.4. The molecule has 26 heavy (non-hydrogen) atoms. The number of hydrogen-bond donors (Lipinski definition) is 0. The van der Waals surface area contributed by atoms with Crippen molar-refractivity contribution in [2.45, 2.75) is 39.3 Å². The van der Waals surface area contributed by atoms with Gasteiger partial charge in [-0.3, -0.25) is 9.69 Å². The van der Waals surface area contributed by atoms with E-state index in [1.54, 1.807) is 11.1 Å². The molecule has 0 fully saturated rings. The average Bonchev–Trinajstić information content (AvgIpc) is 3.10. The number of amides is 1. The van der Waals surface area contributed by atoms with Crippen LogP contribution in [0.2, 0.25) is 0 Å². The van der Waals surface area contributed by atoms with Crippen molar-refractivity contribution in [3.63, 3.8) is 0 Å². The second-order valence-electron chi connectivity index (χ2n) is 7.00. The highest BCUT2D eigenvalue weighted by molar-refractivity contribution is 5.93. The van der Waals surface area contributed by atoms with Gasteiger partial charge in [0.2, 0.25) is 5.91 Å². The Morgan fingerprint density at radius 1 is 1.08 bits per heavy atom. The Balaban J connectivity index is 1.82. The van der Waals surface area contributed by atoms with Crippen LogP contribution in [0.3, 0.4) is 0 Å². The number of tetrazole rings is 1. The van der Waals surface area contributed by atoms with Gasteiger partial charge in [0.25, 0.3) is 0 Å². The lowest BCUT2D eigenvalue weighted by atomic mass is 10.1. The minimum atomic E-state index is -0.279. The fourth-order valence-corrected chi connectivity index (χ4v) is 2.41. The molecule has 0 radical (unpaired) electrons. The van der Waals surface area contributed by atoms with Gasteiger partial charge < -0.3 is 0 Å². The second kappa shape index (κ2) is 7.43. The van der Waals surface area contributed by atoms with E-state index in [1.807, 2.05) is 69.3 Å². The summed E-state index contributed by atoms with van der Waals surface area (Å²) in [6.45, 7) is 6.38. The topological polar surface area (TPSA) is 76.8 Å². The number of aromatic nitrogens is 5. The van der Waals surface area contributed by atoms with Crippen LogP contribution in [0.5, 0.6) is 0 Å². The zero-order valence-electron chi connectivity index (χ0n) is 15.2. The molecule has 0 bridgehead atoms. The van der Waals surface area contributed by atoms with Crippen LogP contribution < -0.4 is 4.90 Å². The van der Waals surface area contributed by atoms with Crippen molar-refractivity contribution in [1.82, 2.24) is 25.2 Å². The molecule has 0 aliphatic rings. The van der Waals surface area contributed by atoms with E-state index >= 15 is 0 Å². The van der Waals surface area contributed by atoms with Gasteiger partial charge in [0, 0.05) is 6.20 Å². The highest BCUT2D eigenvalue weighted by atomic mass is 16.2. The highest BCUT2D eigenvalue weighted by Gasteiger charge is 2.22. The van der Waals surface area contributed by atoms with Gasteiger partial charge in [0.15, 0.2) is 5.82 Å². The summed E-state index contributed by atoms with van der Waals surface area (Å²) in [6, 6.07) is 15.3. The van der Waals surface area contributed by atoms with E-state index in [-0.39, 0.29) is 17.9 Å². The molecule has 0 atom stereocenters. The highest BCUT2D eigenvalue weighted by Crippen LogP contribution is 2.16. The first-order chi connectivity index (χ1) is 12.4. The van der Waals surface area contributed by atoms with Crippen molar-refractivity contribution in [2.24, 2.45) is 0 Å². The number of nitrogens with zero attached hydrogens (tertiary/aromatic N) is 6. The molecule has 3 aromatic rings. The number of benzene rings is 1. The summed E-state index contributed by atoms with van der Waals surface area (Å²) >= 11 is 0. The summed E-state index contributed by atoms with van der Waals surface area (Å²) in [5.74, 6) is 0.879. The van der Waals surface area contributed by atoms with E-state index in [4.69, 9.17) is 0 Å². The summed E-state index contributed by atoms with van der Waals surface area (Å²) in [5, 5.41) is 12.4. The molecule has 2 aromatic heterocycles. The Hall–Kier alpha value is -3.09. The van der Waals surface area contributed by atoms with E-state index in [2.05, 4.69) is 20.4 Å². The van der Waals surface area contributed by atoms with Gasteiger partial charge in [-0.25, -0.2) is 4.98 Å². The SMILES string of the molecule is CC(C)(C)n1nnc(CC(=O)N(Cc2ccccc2)c2ccccn2)n1. The maximum Gasteiger partial charge on any atom is 0.236 e. The molecule has 7 heteroatoms. The fourth-order valence-electron chi connectivity index (χ4n) is 2.41. The van der Waals surface area contributed by atoms with E-state index in [1.165, 1.54) is 4.80 Å². The summed E-state index contributed by atoms with van der Waals surface area (Å²) in [7, 11) is 0. The molecule has 0 saturated heterocycles. The summed E-state index contributed by atoms with van der Waals surface area (Å²) in [5.41, 5.74) is 0.747. The van der Waals surface area contributed by atoms with Gasteiger partial charge in [-0.2, -0.15) is 4.80 Å². The first kappa shape index (κ1) is 17.7. The van der Waals surface area contributed by atoms with E-state index < -0.39 is 0 Å². The smallest absolute Gasteiger partial charge is 0.236 e. The monoisotopic (exact) mass is 350 g/mol. The normalized spacial score (nSPS) is 11.3. The molecule has 0 spiro atoms. The van der Waals surface area contributed by atoms with Gasteiger partial charge in [-0.15, -0.1) is 10.2 Å². The minimum absolute atomic E-state index is 0.0689. The molecule has 7 nitrogen and oxygen atoms in total. The second-order valence-corrected chi connectivity index (χ2v) is 7.00. The molecule has 3 rings (SSSR count). The number of hydrogen-bond acceptors (Lipinski definition) is 5. The number of pyridine rings is 1. The maximum absolute atomic E-state index is 12.9. The molecule has 1 amide bonds. The molecular formula is C19H22N6O. The van der Waals surface area contributed by atoms with Crippen LogP contribution in [-0.2, 0) is 23.3 Å². The Kier molecular flexibility index (Phi) is 5.06. The lowest BCUT2D eigenvalue weighted by molar-refractivity contribution is -0.118. The Bertz CT molecular complexity index is 854. The van der Waals surface area contributed by atoms with Crippen LogP contribution >= 0.6 is 0 Å². The van der Waals surface area contributed by atoms with Gasteiger partial charge in [-0.1, -0.05) is 36.4 Å². The van der Waals surface area contributed by atoms with E-state index in [0.717, 1.165) is 5.56 Å². The fraction of sp³-hybridized carbons (Fsp3) is 0.316. The van der Waals surface area contributed by atoms with Gasteiger partial charge in [-0.05, 0) is 43.7 Å². The maximum atomic E-state index is 12.9. The molecule has 0 N–H and O–H groups in total. The number of carbonyl (C=O) groups is 1. The number of carbonyl (C=O) groups excluding carboxylic acids is 1. The minimum Gasteiger partial charge on any atom is -0.292 e. The molecule has 0 saturated carbocycles. The van der Waals surface area contributed by atoms with Crippen LogP contribution in [0.4, 0.5) is 5.82 Å². The summed E-state index contributed by atoms with van der Waals surface area (Å²) in [6.07, 6.45) is 1.74. The largest absolute Gasteiger partial charge is 0.292 e. The van der Waals surface area contributed by atoms with Crippen molar-refractivity contribution >= 4 is 11.7 Å². The first-order valence-electron chi connectivity index (χ1n) is 8.48. The first-order valence-corrected chi connectivity index (χ1v) is 8.48. The van der Waals surface area contributed by atoms with Crippen molar-refractivity contribution in [2.75, 3.05) is 4.90 Å². The van der Waals surface area contributed by atoms with Crippen molar-refractivity contribution in [1.29, 1.82) is 0 Å². The third-order valence-corrected chi connectivity index (χ3v) is 3.77. The lowest BCUT2D eigenvalue weighted by Crippen LogP contribution is -2.33. The van der Waals surface area contributed by atoms with Gasteiger partial charge >= 0.3 is 0 Å². The summed E-state index contributed by atoms with van der Waals surface area (Å²) < 4.78 is 0. The predicted molar refractivity (Wildman–Crippen MR) is 98.4 cm³/mol. The number of anilines is 1. The van der Waals surface area contributed by atoms with Crippen molar-refractivity contribution in [3.8, 4) is 0 Å². The third kappa shape index (κ3) is 4.30. The Morgan fingerprint density at radius 2 is 1.81 bits per heavy atom. The quantitative estimate of drug-likeness (QED) is 0.707. The molecule has 0 aliphatic carbocycles. The van der Waals surface area contributed by atoms with E-state index in [9.17, 15) is 4.79 Å². The van der Waals surface area contributed by atoms with E-state index in [0.29, 0.717) is 18.2 Å². The van der Waals surface area contributed by atoms with Crippen molar-refractivity contribution in [3.05, 3.63) is 66.1 Å². The zero-order chi connectivity index (χ0) is 18.6.